The van der Waals surface area contributed by atoms with E-state index in [1.165, 1.54) is 29.6 Å². The van der Waals surface area contributed by atoms with Crippen LogP contribution in [0.2, 0.25) is 0 Å². The van der Waals surface area contributed by atoms with Crippen LogP contribution in [0.3, 0.4) is 0 Å². The number of thiazole rings is 1. The van der Waals surface area contributed by atoms with Gasteiger partial charge in [0, 0.05) is 16.8 Å². The summed E-state index contributed by atoms with van der Waals surface area (Å²) in [5.41, 5.74) is 0.365. The summed E-state index contributed by atoms with van der Waals surface area (Å²) in [4.78, 5) is 27.6. The fraction of sp³-hybridized carbons (Fsp3) is 0.100. The topological polar surface area (TPSA) is 59.1 Å². The van der Waals surface area contributed by atoms with Gasteiger partial charge in [0.1, 0.15) is 5.69 Å². The van der Waals surface area contributed by atoms with Crippen LogP contribution in [0.25, 0.3) is 0 Å². The van der Waals surface area contributed by atoms with Gasteiger partial charge >= 0.3 is 0 Å². The highest BCUT2D eigenvalue weighted by Crippen LogP contribution is 2.32. The summed E-state index contributed by atoms with van der Waals surface area (Å²) in [6, 6.07) is 1.73. The molecule has 0 atom stereocenters. The van der Waals surface area contributed by atoms with Gasteiger partial charge in [-0.05, 0) is 37.9 Å². The number of hydrogen-bond acceptors (Lipinski definition) is 5. The van der Waals surface area contributed by atoms with Gasteiger partial charge in [-0.1, -0.05) is 0 Å². The smallest absolute Gasteiger partial charge is 0.267 e. The first kappa shape index (κ1) is 13.9. The molecule has 1 N–H and O–H groups in total. The van der Waals surface area contributed by atoms with Gasteiger partial charge in [0.2, 0.25) is 0 Å². The van der Waals surface area contributed by atoms with Crippen molar-refractivity contribution in [2.45, 2.75) is 6.92 Å². The van der Waals surface area contributed by atoms with Crippen molar-refractivity contribution in [2.75, 3.05) is 5.32 Å². The summed E-state index contributed by atoms with van der Waals surface area (Å²) >= 11 is 9.20. The van der Waals surface area contributed by atoms with E-state index < -0.39 is 0 Å². The first-order chi connectivity index (χ1) is 8.47. The lowest BCUT2D eigenvalue weighted by Gasteiger charge is -1.97. The number of Topliss-reactive ketones (excluding diaryl/α,β-unsaturated/α-hetero) is 1. The largest absolute Gasteiger partial charge is 0.297 e. The third-order valence-electron chi connectivity index (χ3n) is 1.95. The van der Waals surface area contributed by atoms with E-state index in [9.17, 15) is 9.59 Å². The third-order valence-corrected chi connectivity index (χ3v) is 5.97. The van der Waals surface area contributed by atoms with Crippen LogP contribution in [0, 0.1) is 0 Å². The van der Waals surface area contributed by atoms with Crippen molar-refractivity contribution in [2.24, 2.45) is 0 Å². The molecule has 0 saturated heterocycles. The van der Waals surface area contributed by atoms with E-state index in [0.29, 0.717) is 15.7 Å². The zero-order chi connectivity index (χ0) is 13.3. The minimum atomic E-state index is -0.240. The number of carbonyl (C=O) groups excluding carboxylic acids is 2. The number of nitrogens with one attached hydrogen (secondary N) is 1. The number of anilines is 1. The van der Waals surface area contributed by atoms with Crippen molar-refractivity contribution in [1.82, 2.24) is 4.98 Å². The summed E-state index contributed by atoms with van der Waals surface area (Å²) < 4.78 is 1.69. The van der Waals surface area contributed by atoms with Crippen molar-refractivity contribution in [1.29, 1.82) is 0 Å². The molecule has 0 radical (unpaired) electrons. The Hall–Kier alpha value is -0.570. The Kier molecular flexibility index (Phi) is 4.31. The van der Waals surface area contributed by atoms with Crippen LogP contribution in [0.5, 0.6) is 0 Å². The predicted octanol–water partition coefficient (Wildman–Crippen LogP) is 4.18. The van der Waals surface area contributed by atoms with Gasteiger partial charge in [-0.15, -0.1) is 22.7 Å². The van der Waals surface area contributed by atoms with E-state index in [-0.39, 0.29) is 11.7 Å². The van der Waals surface area contributed by atoms with Crippen molar-refractivity contribution in [3.8, 4) is 0 Å². The molecule has 2 rings (SSSR count). The predicted molar refractivity (Wildman–Crippen MR) is 79.8 cm³/mol. The lowest BCUT2D eigenvalue weighted by atomic mass is 10.4. The van der Waals surface area contributed by atoms with Crippen LogP contribution in [0.4, 0.5) is 5.13 Å². The average molecular weight is 410 g/mol. The quantitative estimate of drug-likeness (QED) is 0.773. The fourth-order valence-corrected chi connectivity index (χ4v) is 3.79. The van der Waals surface area contributed by atoms with Crippen molar-refractivity contribution < 1.29 is 9.59 Å². The van der Waals surface area contributed by atoms with E-state index in [1.807, 2.05) is 0 Å². The molecule has 0 fully saturated rings. The summed E-state index contributed by atoms with van der Waals surface area (Å²) in [6.07, 6.45) is 0. The van der Waals surface area contributed by atoms with Crippen LogP contribution in [0.15, 0.2) is 19.7 Å². The van der Waals surface area contributed by atoms with Crippen LogP contribution in [0.1, 0.15) is 27.1 Å². The molecule has 2 heterocycles. The Morgan fingerprint density at radius 1 is 1.39 bits per heavy atom. The standard InChI is InChI=1S/C10H6Br2N2O2S2/c1-4(15)6-3-17-10(13-6)14-9(16)7-2-5(11)8(12)18-7/h2-3H,1H3,(H,13,14,16). The molecule has 2 aromatic heterocycles. The maximum absolute atomic E-state index is 11.9. The molecular formula is C10H6Br2N2O2S2. The molecule has 0 aliphatic carbocycles. The molecule has 0 saturated carbocycles. The number of nitrogens with zero attached hydrogens (tertiary/aromatic N) is 1. The zero-order valence-corrected chi connectivity index (χ0v) is 13.8. The average Bonchev–Trinajstić information content (AvgIpc) is 2.87. The molecule has 0 bridgehead atoms. The van der Waals surface area contributed by atoms with Gasteiger partial charge in [0.05, 0.1) is 8.66 Å². The van der Waals surface area contributed by atoms with Crippen LogP contribution in [-0.2, 0) is 0 Å². The molecule has 0 unspecified atom stereocenters. The second-order valence-electron chi connectivity index (χ2n) is 3.28. The van der Waals surface area contributed by atoms with Gasteiger partial charge < -0.3 is 0 Å². The van der Waals surface area contributed by atoms with Gasteiger partial charge in [-0.25, -0.2) is 4.98 Å². The second kappa shape index (κ2) is 5.60. The Morgan fingerprint density at radius 2 is 2.11 bits per heavy atom. The summed E-state index contributed by atoms with van der Waals surface area (Å²) in [6.45, 7) is 1.44. The van der Waals surface area contributed by atoms with Crippen LogP contribution < -0.4 is 5.32 Å². The van der Waals surface area contributed by atoms with E-state index in [2.05, 4.69) is 42.2 Å². The second-order valence-corrected chi connectivity index (χ2v) is 7.36. The molecule has 2 aromatic rings. The van der Waals surface area contributed by atoms with Crippen molar-refractivity contribution in [3.05, 3.63) is 30.3 Å². The maximum Gasteiger partial charge on any atom is 0.267 e. The van der Waals surface area contributed by atoms with Gasteiger partial charge in [0.15, 0.2) is 10.9 Å². The number of thiophene rings is 1. The Balaban J connectivity index is 2.13. The molecule has 0 aliphatic rings. The summed E-state index contributed by atoms with van der Waals surface area (Å²) in [5, 5.41) is 4.70. The highest BCUT2D eigenvalue weighted by molar-refractivity contribution is 9.13. The molecule has 18 heavy (non-hydrogen) atoms. The highest BCUT2D eigenvalue weighted by Gasteiger charge is 2.14. The number of rotatable bonds is 3. The molecular weight excluding hydrogens is 404 g/mol. The molecule has 0 aromatic carbocycles. The molecule has 8 heteroatoms. The number of ketones is 1. The first-order valence-electron chi connectivity index (χ1n) is 4.70. The Morgan fingerprint density at radius 3 is 2.61 bits per heavy atom. The Bertz CT molecular complexity index is 602. The number of carbonyl (C=O) groups is 2. The molecule has 94 valence electrons. The van der Waals surface area contributed by atoms with Gasteiger partial charge in [-0.2, -0.15) is 0 Å². The lowest BCUT2D eigenvalue weighted by molar-refractivity contribution is 0.100. The fourth-order valence-electron chi connectivity index (χ4n) is 1.11. The minimum Gasteiger partial charge on any atom is -0.297 e. The molecule has 1 amide bonds. The number of hydrogen-bond donors (Lipinski definition) is 1. The van der Waals surface area contributed by atoms with Crippen LogP contribution >= 0.6 is 54.5 Å². The minimum absolute atomic E-state index is 0.117. The maximum atomic E-state index is 11.9. The normalized spacial score (nSPS) is 10.4. The Labute approximate surface area is 128 Å². The number of halogens is 2. The number of amides is 1. The first-order valence-corrected chi connectivity index (χ1v) is 7.98. The van der Waals surface area contributed by atoms with E-state index in [0.717, 1.165) is 8.26 Å². The van der Waals surface area contributed by atoms with E-state index >= 15 is 0 Å². The number of aromatic nitrogens is 1. The molecule has 0 aliphatic heterocycles. The van der Waals surface area contributed by atoms with Crippen molar-refractivity contribution in [3.63, 3.8) is 0 Å². The van der Waals surface area contributed by atoms with Gasteiger partial charge in [0.25, 0.3) is 5.91 Å². The van der Waals surface area contributed by atoms with Gasteiger partial charge in [-0.3, -0.25) is 14.9 Å². The van der Waals surface area contributed by atoms with Crippen LogP contribution in [-0.4, -0.2) is 16.7 Å². The summed E-state index contributed by atoms with van der Waals surface area (Å²) in [7, 11) is 0. The monoisotopic (exact) mass is 408 g/mol. The SMILES string of the molecule is CC(=O)c1csc(NC(=O)c2cc(Br)c(Br)s2)n1. The molecule has 0 spiro atoms. The highest BCUT2D eigenvalue weighted by atomic mass is 79.9. The molecule has 4 nitrogen and oxygen atoms in total. The third kappa shape index (κ3) is 3.05. The zero-order valence-electron chi connectivity index (χ0n) is 8.99. The van der Waals surface area contributed by atoms with E-state index in [1.54, 1.807) is 11.4 Å². The lowest BCUT2D eigenvalue weighted by Crippen LogP contribution is -2.10. The summed E-state index contributed by atoms with van der Waals surface area (Å²) in [5.74, 6) is -0.357. The van der Waals surface area contributed by atoms with Crippen molar-refractivity contribution >= 4 is 71.4 Å². The van der Waals surface area contributed by atoms with E-state index in [4.69, 9.17) is 0 Å².